The average molecular weight is 546 g/mol. The number of nitrogens with zero attached hydrogens (tertiary/aromatic N) is 1. The van der Waals surface area contributed by atoms with Crippen molar-refractivity contribution in [3.63, 3.8) is 0 Å². The molecule has 2 nitrogen and oxygen atoms in total. The molecule has 0 N–H and O–H groups in total. The minimum Gasteiger partial charge on any atom is -0.436 e. The molecule has 0 saturated carbocycles. The number of hydrogen-bond donors (Lipinski definition) is 0. The molecule has 0 atom stereocenters. The van der Waals surface area contributed by atoms with Crippen LogP contribution in [0.1, 0.15) is 0 Å². The largest absolute Gasteiger partial charge is 0.436 e. The average Bonchev–Trinajstić information content (AvgIpc) is 3.42. The summed E-state index contributed by atoms with van der Waals surface area (Å²) in [5.41, 5.74) is 6.71. The van der Waals surface area contributed by atoms with E-state index in [4.69, 9.17) is 4.42 Å². The van der Waals surface area contributed by atoms with Crippen molar-refractivity contribution in [1.82, 2.24) is 4.98 Å². The Morgan fingerprint density at radius 1 is 0.439 bits per heavy atom. The highest BCUT2D eigenvalue weighted by atomic mass is 19.2. The molecule has 6 aromatic carbocycles. The summed E-state index contributed by atoms with van der Waals surface area (Å²) in [5.74, 6) is -3.83. The highest BCUT2D eigenvalue weighted by Gasteiger charge is 2.13. The SMILES string of the molecule is Fc1ccc2nc(-c3ccc(-c4ccc5cc(-c6ccc(-c7cc(F)c(F)c(F)c7)cc6)ccc5c4)cc3)oc2c1. The van der Waals surface area contributed by atoms with Gasteiger partial charge in [-0.05, 0) is 92.7 Å². The van der Waals surface area contributed by atoms with Gasteiger partial charge in [0.2, 0.25) is 5.89 Å². The fraction of sp³-hybridized carbons (Fsp3) is 0. The lowest BCUT2D eigenvalue weighted by Gasteiger charge is -2.09. The fourth-order valence-electron chi connectivity index (χ4n) is 5.01. The first-order valence-electron chi connectivity index (χ1n) is 12.9. The van der Waals surface area contributed by atoms with E-state index in [0.29, 0.717) is 22.6 Å². The maximum atomic E-state index is 13.7. The Kier molecular flexibility index (Phi) is 5.89. The van der Waals surface area contributed by atoms with Crippen LogP contribution in [0.3, 0.4) is 0 Å². The second-order valence-corrected chi connectivity index (χ2v) is 9.82. The van der Waals surface area contributed by atoms with Crippen molar-refractivity contribution in [2.24, 2.45) is 0 Å². The topological polar surface area (TPSA) is 26.0 Å². The molecule has 0 amide bonds. The van der Waals surface area contributed by atoms with Crippen molar-refractivity contribution in [3.05, 3.63) is 139 Å². The standard InChI is InChI=1S/C35H19F4NO/c36-29-13-14-32-33(19-29)41-35(40-32)23-7-5-21(6-8-23)25-10-12-26-15-24(9-11-27(26)16-25)20-1-3-22(4-2-20)28-17-30(37)34(39)31(38)18-28/h1-19H. The quantitative estimate of drug-likeness (QED) is 0.162. The lowest BCUT2D eigenvalue weighted by molar-refractivity contribution is 0.448. The lowest BCUT2D eigenvalue weighted by Crippen LogP contribution is -1.91. The van der Waals surface area contributed by atoms with E-state index in [1.807, 2.05) is 42.5 Å². The molecule has 7 rings (SSSR count). The minimum atomic E-state index is -1.47. The van der Waals surface area contributed by atoms with E-state index in [2.05, 4.69) is 35.3 Å². The van der Waals surface area contributed by atoms with E-state index in [0.717, 1.165) is 50.7 Å². The van der Waals surface area contributed by atoms with Gasteiger partial charge < -0.3 is 4.42 Å². The number of hydrogen-bond acceptors (Lipinski definition) is 2. The Labute approximate surface area is 232 Å². The van der Waals surface area contributed by atoms with Crippen molar-refractivity contribution < 1.29 is 22.0 Å². The maximum absolute atomic E-state index is 13.7. The summed E-state index contributed by atoms with van der Waals surface area (Å²) in [6.45, 7) is 0. The molecule has 1 aromatic heterocycles. The second-order valence-electron chi connectivity index (χ2n) is 9.82. The summed E-state index contributed by atoms with van der Waals surface area (Å²) in [4.78, 5) is 4.45. The third kappa shape index (κ3) is 4.63. The van der Waals surface area contributed by atoms with Gasteiger partial charge >= 0.3 is 0 Å². The molecular weight excluding hydrogens is 526 g/mol. The summed E-state index contributed by atoms with van der Waals surface area (Å²) in [6.07, 6.45) is 0. The van der Waals surface area contributed by atoms with Gasteiger partial charge in [-0.2, -0.15) is 0 Å². The third-order valence-corrected chi connectivity index (χ3v) is 7.19. The van der Waals surface area contributed by atoms with Crippen LogP contribution in [-0.2, 0) is 0 Å². The van der Waals surface area contributed by atoms with Crippen LogP contribution in [0.15, 0.2) is 120 Å². The fourth-order valence-corrected chi connectivity index (χ4v) is 5.01. The Hall–Kier alpha value is -5.23. The molecule has 6 heteroatoms. The van der Waals surface area contributed by atoms with Gasteiger partial charge in [0.1, 0.15) is 11.3 Å². The van der Waals surface area contributed by atoms with Crippen LogP contribution in [0, 0.1) is 23.3 Å². The Morgan fingerprint density at radius 2 is 0.927 bits per heavy atom. The molecule has 0 aliphatic carbocycles. The van der Waals surface area contributed by atoms with Crippen LogP contribution in [0.4, 0.5) is 17.6 Å². The van der Waals surface area contributed by atoms with Gasteiger partial charge in [-0.25, -0.2) is 22.5 Å². The molecule has 7 aromatic rings. The normalized spacial score (nSPS) is 11.4. The molecule has 198 valence electrons. The van der Waals surface area contributed by atoms with E-state index in [1.165, 1.54) is 12.1 Å². The Morgan fingerprint density at radius 3 is 1.49 bits per heavy atom. The number of oxazole rings is 1. The van der Waals surface area contributed by atoms with Crippen LogP contribution in [-0.4, -0.2) is 4.98 Å². The van der Waals surface area contributed by atoms with E-state index in [-0.39, 0.29) is 11.4 Å². The molecular formula is C35H19F4NO. The predicted octanol–water partition coefficient (Wildman–Crippen LogP) is 10.2. The number of aromatic nitrogens is 1. The number of fused-ring (bicyclic) bond motifs is 2. The number of benzene rings is 6. The molecule has 0 saturated heterocycles. The minimum absolute atomic E-state index is 0.274. The zero-order valence-corrected chi connectivity index (χ0v) is 21.3. The highest BCUT2D eigenvalue weighted by molar-refractivity contribution is 5.91. The van der Waals surface area contributed by atoms with Crippen molar-refractivity contribution in [2.75, 3.05) is 0 Å². The van der Waals surface area contributed by atoms with Crippen LogP contribution in [0.5, 0.6) is 0 Å². The summed E-state index contributed by atoms with van der Waals surface area (Å²) in [7, 11) is 0. The monoisotopic (exact) mass is 545 g/mol. The first-order valence-corrected chi connectivity index (χ1v) is 12.9. The van der Waals surface area contributed by atoms with Crippen LogP contribution >= 0.6 is 0 Å². The van der Waals surface area contributed by atoms with Gasteiger partial charge in [-0.3, -0.25) is 0 Å². The van der Waals surface area contributed by atoms with Crippen molar-refractivity contribution >= 4 is 21.9 Å². The molecule has 0 unspecified atom stereocenters. The lowest BCUT2D eigenvalue weighted by atomic mass is 9.96. The molecule has 41 heavy (non-hydrogen) atoms. The Balaban J connectivity index is 1.13. The summed E-state index contributed by atoms with van der Waals surface area (Å²) in [5, 5.41) is 2.14. The van der Waals surface area contributed by atoms with Crippen LogP contribution in [0.25, 0.3) is 66.7 Å². The predicted molar refractivity (Wildman–Crippen MR) is 153 cm³/mol. The third-order valence-electron chi connectivity index (χ3n) is 7.19. The van der Waals surface area contributed by atoms with E-state index < -0.39 is 17.5 Å². The van der Waals surface area contributed by atoms with Crippen LogP contribution in [0.2, 0.25) is 0 Å². The van der Waals surface area contributed by atoms with Crippen LogP contribution < -0.4 is 0 Å². The van der Waals surface area contributed by atoms with E-state index in [9.17, 15) is 17.6 Å². The van der Waals surface area contributed by atoms with Gasteiger partial charge in [0.05, 0.1) is 0 Å². The summed E-state index contributed by atoms with van der Waals surface area (Å²) in [6, 6.07) is 33.8. The Bertz CT molecular complexity index is 2060. The molecule has 1 heterocycles. The smallest absolute Gasteiger partial charge is 0.227 e. The van der Waals surface area contributed by atoms with Gasteiger partial charge in [0.25, 0.3) is 0 Å². The molecule has 0 radical (unpaired) electrons. The van der Waals surface area contributed by atoms with E-state index in [1.54, 1.807) is 18.2 Å². The molecule has 0 bridgehead atoms. The van der Waals surface area contributed by atoms with Crippen molar-refractivity contribution in [1.29, 1.82) is 0 Å². The maximum Gasteiger partial charge on any atom is 0.227 e. The first kappa shape index (κ1) is 24.8. The summed E-state index contributed by atoms with van der Waals surface area (Å²) >= 11 is 0. The summed E-state index contributed by atoms with van der Waals surface area (Å²) < 4.78 is 59.9. The molecule has 0 fully saturated rings. The van der Waals surface area contributed by atoms with E-state index >= 15 is 0 Å². The van der Waals surface area contributed by atoms with Crippen molar-refractivity contribution in [2.45, 2.75) is 0 Å². The molecule has 0 spiro atoms. The zero-order valence-electron chi connectivity index (χ0n) is 21.3. The second kappa shape index (κ2) is 9.75. The first-order chi connectivity index (χ1) is 19.9. The van der Waals surface area contributed by atoms with Crippen molar-refractivity contribution in [3.8, 4) is 44.8 Å². The van der Waals surface area contributed by atoms with Gasteiger partial charge in [0, 0.05) is 11.6 Å². The number of rotatable bonds is 4. The highest BCUT2D eigenvalue weighted by Crippen LogP contribution is 2.32. The molecule has 0 aliphatic rings. The van der Waals surface area contributed by atoms with Gasteiger partial charge in [-0.1, -0.05) is 60.7 Å². The zero-order chi connectivity index (χ0) is 28.1. The molecule has 0 aliphatic heterocycles. The van der Waals surface area contributed by atoms with Gasteiger partial charge in [-0.15, -0.1) is 0 Å². The number of halogens is 4. The van der Waals surface area contributed by atoms with Gasteiger partial charge in [0.15, 0.2) is 23.0 Å².